The van der Waals surface area contributed by atoms with Crippen LogP contribution in [0.3, 0.4) is 0 Å². The molecule has 4 rings (SSSR count). The van der Waals surface area contributed by atoms with Crippen molar-refractivity contribution in [1.82, 2.24) is 0 Å². The number of methoxy groups -OCH3 is 1. The number of benzene rings is 1. The number of ether oxygens (including phenoxy) is 2. The minimum Gasteiger partial charge on any atom is -0.494 e. The lowest BCUT2D eigenvalue weighted by Gasteiger charge is -2.45. The Morgan fingerprint density at radius 2 is 1.80 bits per heavy atom. The molecule has 3 nitrogen and oxygen atoms in total. The monoisotopic (exact) mass is 414 g/mol. The number of fused-ring (bicyclic) bond motifs is 1. The van der Waals surface area contributed by atoms with Crippen LogP contribution in [0.4, 0.5) is 4.39 Å². The van der Waals surface area contributed by atoms with Gasteiger partial charge in [0.05, 0.1) is 13.0 Å². The zero-order valence-electron chi connectivity index (χ0n) is 18.2. The molecule has 30 heavy (non-hydrogen) atoms. The third-order valence-corrected chi connectivity index (χ3v) is 8.15. The molecule has 0 saturated heterocycles. The molecule has 0 amide bonds. The molecule has 0 aliphatic heterocycles. The van der Waals surface area contributed by atoms with E-state index in [1.54, 1.807) is 6.07 Å². The van der Waals surface area contributed by atoms with Crippen molar-refractivity contribution in [3.05, 3.63) is 36.7 Å². The Morgan fingerprint density at radius 1 is 1.03 bits per heavy atom. The summed E-state index contributed by atoms with van der Waals surface area (Å²) >= 11 is 0. The van der Waals surface area contributed by atoms with E-state index in [9.17, 15) is 9.18 Å². The van der Waals surface area contributed by atoms with Gasteiger partial charge in [-0.2, -0.15) is 0 Å². The van der Waals surface area contributed by atoms with Crippen molar-refractivity contribution in [3.8, 4) is 11.5 Å². The lowest BCUT2D eigenvalue weighted by atomic mass is 9.59. The van der Waals surface area contributed by atoms with Crippen LogP contribution < -0.4 is 9.47 Å². The number of carbonyl (C=O) groups is 1. The fourth-order valence-corrected chi connectivity index (χ4v) is 6.47. The number of rotatable bonds is 5. The van der Waals surface area contributed by atoms with Crippen LogP contribution in [0.25, 0.3) is 0 Å². The predicted octanol–water partition coefficient (Wildman–Crippen LogP) is 6.56. The highest BCUT2D eigenvalue weighted by Gasteiger charge is 2.43. The summed E-state index contributed by atoms with van der Waals surface area (Å²) in [6.07, 6.45) is 14.3. The van der Waals surface area contributed by atoms with Gasteiger partial charge in [0.2, 0.25) is 0 Å². The van der Waals surface area contributed by atoms with Crippen LogP contribution in [-0.2, 0) is 4.79 Å². The molecule has 0 aromatic heterocycles. The highest BCUT2D eigenvalue weighted by atomic mass is 19.1. The third kappa shape index (κ3) is 4.58. The van der Waals surface area contributed by atoms with Crippen molar-refractivity contribution in [1.29, 1.82) is 0 Å². The van der Waals surface area contributed by atoms with E-state index in [4.69, 9.17) is 9.47 Å². The molecule has 3 fully saturated rings. The maximum absolute atomic E-state index is 14.0. The summed E-state index contributed by atoms with van der Waals surface area (Å²) in [5.41, 5.74) is 0. The van der Waals surface area contributed by atoms with Gasteiger partial charge in [0.15, 0.2) is 11.6 Å². The second-order valence-corrected chi connectivity index (χ2v) is 9.66. The fourth-order valence-electron chi connectivity index (χ4n) is 6.47. The number of esters is 1. The molecular formula is C26H35FO3. The first-order valence-electron chi connectivity index (χ1n) is 11.8. The van der Waals surface area contributed by atoms with E-state index in [0.717, 1.165) is 31.1 Å². The van der Waals surface area contributed by atoms with Crippen LogP contribution in [0.1, 0.15) is 64.2 Å². The fraction of sp³-hybridized carbons (Fsp3) is 0.654. The Kier molecular flexibility index (Phi) is 6.80. The Labute approximate surface area is 180 Å². The third-order valence-electron chi connectivity index (χ3n) is 8.15. The average Bonchev–Trinajstić information content (AvgIpc) is 2.78. The Balaban J connectivity index is 1.36. The average molecular weight is 415 g/mol. The first-order chi connectivity index (χ1) is 14.6. The molecule has 1 aromatic carbocycles. The molecule has 3 aliphatic rings. The molecule has 164 valence electrons. The minimum absolute atomic E-state index is 0.0497. The van der Waals surface area contributed by atoms with Gasteiger partial charge in [-0.25, -0.2) is 4.39 Å². The molecule has 0 heterocycles. The largest absolute Gasteiger partial charge is 0.494 e. The zero-order valence-corrected chi connectivity index (χ0v) is 18.2. The highest BCUT2D eigenvalue weighted by Crippen LogP contribution is 2.50. The van der Waals surface area contributed by atoms with Crippen molar-refractivity contribution in [2.75, 3.05) is 7.11 Å². The van der Waals surface area contributed by atoms with E-state index in [-0.39, 0.29) is 23.4 Å². The van der Waals surface area contributed by atoms with Crippen LogP contribution in [0.15, 0.2) is 30.9 Å². The molecule has 0 N–H and O–H groups in total. The summed E-state index contributed by atoms with van der Waals surface area (Å²) in [6, 6.07) is 4.36. The number of hydrogen-bond donors (Lipinski definition) is 0. The lowest BCUT2D eigenvalue weighted by molar-refractivity contribution is -0.144. The van der Waals surface area contributed by atoms with Crippen LogP contribution in [0, 0.1) is 41.3 Å². The van der Waals surface area contributed by atoms with Crippen LogP contribution in [-0.4, -0.2) is 13.1 Å². The lowest BCUT2D eigenvalue weighted by Crippen LogP contribution is -2.40. The topological polar surface area (TPSA) is 35.5 Å². The molecule has 0 spiro atoms. The highest BCUT2D eigenvalue weighted by molar-refractivity contribution is 5.75. The van der Waals surface area contributed by atoms with Gasteiger partial charge >= 0.3 is 5.97 Å². The maximum Gasteiger partial charge on any atom is 0.314 e. The minimum atomic E-state index is -0.504. The summed E-state index contributed by atoms with van der Waals surface area (Å²) in [5.74, 6) is 3.16. The van der Waals surface area contributed by atoms with Gasteiger partial charge in [-0.3, -0.25) is 4.79 Å². The normalized spacial score (nSPS) is 33.9. The summed E-state index contributed by atoms with van der Waals surface area (Å²) in [7, 11) is 1.42. The Bertz CT molecular complexity index is 753. The van der Waals surface area contributed by atoms with Crippen molar-refractivity contribution in [2.45, 2.75) is 64.2 Å². The van der Waals surface area contributed by atoms with Gasteiger partial charge in [0.25, 0.3) is 0 Å². The summed E-state index contributed by atoms with van der Waals surface area (Å²) in [4.78, 5) is 13.0. The van der Waals surface area contributed by atoms with Crippen LogP contribution in [0.5, 0.6) is 11.5 Å². The molecule has 4 unspecified atom stereocenters. The standard InChI is InChI=1S/C26H35FO3/c1-3-17-7-9-18(10-8-17)19-11-13-22-20(15-19)5-4-6-23(22)26(28)30-21-12-14-25(29-2)24(27)16-21/h3,12,14,16-20,22-23H,1,4-11,13,15H2,2H3. The molecule has 0 bridgehead atoms. The molecule has 4 heteroatoms. The molecule has 0 radical (unpaired) electrons. The van der Waals surface area contributed by atoms with Gasteiger partial charge in [-0.05, 0) is 93.1 Å². The van der Waals surface area contributed by atoms with Crippen molar-refractivity contribution in [3.63, 3.8) is 0 Å². The number of allylic oxidation sites excluding steroid dienone is 1. The van der Waals surface area contributed by atoms with E-state index >= 15 is 0 Å². The van der Waals surface area contributed by atoms with Gasteiger partial charge in [0, 0.05) is 6.07 Å². The summed E-state index contributed by atoms with van der Waals surface area (Å²) in [5, 5.41) is 0. The maximum atomic E-state index is 14.0. The van der Waals surface area contributed by atoms with Gasteiger partial charge in [-0.1, -0.05) is 18.9 Å². The Morgan fingerprint density at radius 3 is 2.50 bits per heavy atom. The van der Waals surface area contributed by atoms with Gasteiger partial charge < -0.3 is 9.47 Å². The van der Waals surface area contributed by atoms with E-state index < -0.39 is 5.82 Å². The van der Waals surface area contributed by atoms with E-state index in [0.29, 0.717) is 17.8 Å². The van der Waals surface area contributed by atoms with Gasteiger partial charge in [-0.15, -0.1) is 6.58 Å². The van der Waals surface area contributed by atoms with Crippen molar-refractivity contribution >= 4 is 5.97 Å². The number of carbonyl (C=O) groups excluding carboxylic acids is 1. The number of halogens is 1. The molecule has 1 aromatic rings. The smallest absolute Gasteiger partial charge is 0.314 e. The molecule has 3 aliphatic carbocycles. The van der Waals surface area contributed by atoms with Crippen molar-refractivity contribution < 1.29 is 18.7 Å². The first-order valence-corrected chi connectivity index (χ1v) is 11.8. The van der Waals surface area contributed by atoms with E-state index in [1.165, 1.54) is 64.2 Å². The predicted molar refractivity (Wildman–Crippen MR) is 116 cm³/mol. The number of hydrogen-bond acceptors (Lipinski definition) is 3. The SMILES string of the molecule is C=CC1CCC(C2CCC3C(CCCC3C(=O)Oc3ccc(OC)c(F)c3)C2)CC1. The van der Waals surface area contributed by atoms with Crippen LogP contribution >= 0.6 is 0 Å². The zero-order chi connectivity index (χ0) is 21.1. The first kappa shape index (κ1) is 21.4. The second-order valence-electron chi connectivity index (χ2n) is 9.66. The second kappa shape index (κ2) is 9.53. The summed E-state index contributed by atoms with van der Waals surface area (Å²) in [6.45, 7) is 3.97. The summed E-state index contributed by atoms with van der Waals surface area (Å²) < 4.78 is 24.5. The molecule has 4 atom stereocenters. The van der Waals surface area contributed by atoms with Crippen molar-refractivity contribution in [2.24, 2.45) is 35.5 Å². The van der Waals surface area contributed by atoms with E-state index in [2.05, 4.69) is 12.7 Å². The van der Waals surface area contributed by atoms with E-state index in [1.807, 2.05) is 0 Å². The quantitative estimate of drug-likeness (QED) is 0.311. The molecule has 3 saturated carbocycles. The van der Waals surface area contributed by atoms with Gasteiger partial charge in [0.1, 0.15) is 5.75 Å². The Hall–Kier alpha value is -1.84. The van der Waals surface area contributed by atoms with Crippen LogP contribution in [0.2, 0.25) is 0 Å². The molecular weight excluding hydrogens is 379 g/mol.